The maximum absolute atomic E-state index is 11.6. The molecule has 0 N–H and O–H groups in total. The van der Waals surface area contributed by atoms with Crippen molar-refractivity contribution in [2.24, 2.45) is 11.8 Å². The van der Waals surface area contributed by atoms with Crippen molar-refractivity contribution in [1.29, 1.82) is 0 Å². The molecule has 0 saturated heterocycles. The number of carbonyl (C=O) groups excluding carboxylic acids is 3. The third kappa shape index (κ3) is 3.56. The number of aldehydes is 1. The van der Waals surface area contributed by atoms with Crippen molar-refractivity contribution in [3.05, 3.63) is 11.8 Å². The van der Waals surface area contributed by atoms with Gasteiger partial charge in [-0.1, -0.05) is 0 Å². The Labute approximate surface area is 111 Å². The Kier molecular flexibility index (Phi) is 5.54. The van der Waals surface area contributed by atoms with E-state index in [-0.39, 0.29) is 18.6 Å². The Morgan fingerprint density at radius 1 is 1.47 bits per heavy atom. The van der Waals surface area contributed by atoms with Crippen LogP contribution in [0.25, 0.3) is 0 Å². The van der Waals surface area contributed by atoms with E-state index in [1.54, 1.807) is 13.8 Å². The molecular weight excluding hydrogens is 252 g/mol. The lowest BCUT2D eigenvalue weighted by atomic mass is 9.80. The number of ether oxygens (including phenoxy) is 3. The predicted molar refractivity (Wildman–Crippen MR) is 64.9 cm³/mol. The molecule has 6 nitrogen and oxygen atoms in total. The van der Waals surface area contributed by atoms with Gasteiger partial charge in [0.2, 0.25) is 0 Å². The van der Waals surface area contributed by atoms with Crippen LogP contribution in [0.5, 0.6) is 0 Å². The zero-order valence-corrected chi connectivity index (χ0v) is 11.3. The second kappa shape index (κ2) is 6.92. The zero-order chi connectivity index (χ0) is 14.4. The van der Waals surface area contributed by atoms with E-state index in [1.165, 1.54) is 13.4 Å². The molecule has 0 bridgehead atoms. The van der Waals surface area contributed by atoms with Gasteiger partial charge in [0.15, 0.2) is 0 Å². The number of rotatable bonds is 5. The molecular formula is C13H18O6. The van der Waals surface area contributed by atoms with Gasteiger partial charge in [0.1, 0.15) is 12.4 Å². The highest BCUT2D eigenvalue weighted by atomic mass is 16.5. The van der Waals surface area contributed by atoms with Crippen LogP contribution >= 0.6 is 0 Å². The van der Waals surface area contributed by atoms with E-state index < -0.39 is 29.9 Å². The van der Waals surface area contributed by atoms with Gasteiger partial charge in [0.05, 0.1) is 37.9 Å². The summed E-state index contributed by atoms with van der Waals surface area (Å²) in [7, 11) is 1.23. The van der Waals surface area contributed by atoms with E-state index in [9.17, 15) is 14.4 Å². The van der Waals surface area contributed by atoms with Gasteiger partial charge in [-0.3, -0.25) is 4.79 Å². The van der Waals surface area contributed by atoms with Gasteiger partial charge in [-0.2, -0.15) is 0 Å². The Bertz CT molecular complexity index is 387. The Morgan fingerprint density at radius 2 is 2.16 bits per heavy atom. The summed E-state index contributed by atoms with van der Waals surface area (Å²) < 4.78 is 14.7. The summed E-state index contributed by atoms with van der Waals surface area (Å²) in [6.07, 6.45) is 1.52. The molecule has 0 saturated carbocycles. The first-order valence-electron chi connectivity index (χ1n) is 6.09. The highest BCUT2D eigenvalue weighted by Crippen LogP contribution is 2.32. The van der Waals surface area contributed by atoms with Gasteiger partial charge in [-0.05, 0) is 13.8 Å². The number of hydrogen-bond donors (Lipinski definition) is 0. The number of methoxy groups -OCH3 is 1. The SMILES string of the molecule is CCOC(=O)C[C@@H]1C(C(=O)OC)=CO[C@@H](C)[C@@H]1C=O. The van der Waals surface area contributed by atoms with Crippen molar-refractivity contribution in [1.82, 2.24) is 0 Å². The van der Waals surface area contributed by atoms with Crippen LogP contribution in [-0.2, 0) is 28.6 Å². The summed E-state index contributed by atoms with van der Waals surface area (Å²) in [5.41, 5.74) is 0.186. The summed E-state index contributed by atoms with van der Waals surface area (Å²) in [5.74, 6) is -2.22. The minimum atomic E-state index is -0.604. The maximum Gasteiger partial charge on any atom is 0.337 e. The Hall–Kier alpha value is -1.85. The monoisotopic (exact) mass is 270 g/mol. The molecule has 0 radical (unpaired) electrons. The fourth-order valence-corrected chi connectivity index (χ4v) is 2.06. The highest BCUT2D eigenvalue weighted by molar-refractivity contribution is 5.90. The average molecular weight is 270 g/mol. The van der Waals surface area contributed by atoms with Gasteiger partial charge in [0.25, 0.3) is 0 Å². The second-order valence-corrected chi connectivity index (χ2v) is 4.24. The van der Waals surface area contributed by atoms with Crippen molar-refractivity contribution < 1.29 is 28.6 Å². The average Bonchev–Trinajstić information content (AvgIpc) is 2.38. The van der Waals surface area contributed by atoms with Gasteiger partial charge < -0.3 is 19.0 Å². The Morgan fingerprint density at radius 3 is 2.68 bits per heavy atom. The highest BCUT2D eigenvalue weighted by Gasteiger charge is 2.39. The molecule has 1 heterocycles. The molecule has 3 atom stereocenters. The van der Waals surface area contributed by atoms with E-state index in [0.29, 0.717) is 6.29 Å². The molecule has 1 aliphatic heterocycles. The summed E-state index contributed by atoms with van der Waals surface area (Å²) in [5, 5.41) is 0. The first kappa shape index (κ1) is 15.2. The molecule has 6 heteroatoms. The molecule has 0 unspecified atom stereocenters. The van der Waals surface area contributed by atoms with Crippen molar-refractivity contribution in [3.8, 4) is 0 Å². The smallest absolute Gasteiger partial charge is 0.337 e. The van der Waals surface area contributed by atoms with Gasteiger partial charge in [-0.25, -0.2) is 4.79 Å². The van der Waals surface area contributed by atoms with Crippen molar-refractivity contribution in [3.63, 3.8) is 0 Å². The zero-order valence-electron chi connectivity index (χ0n) is 11.3. The first-order chi connectivity index (χ1) is 9.04. The van der Waals surface area contributed by atoms with Gasteiger partial charge >= 0.3 is 11.9 Å². The van der Waals surface area contributed by atoms with E-state index in [0.717, 1.165) is 0 Å². The molecule has 0 amide bonds. The molecule has 0 aromatic heterocycles. The lowest BCUT2D eigenvalue weighted by Gasteiger charge is -2.32. The second-order valence-electron chi connectivity index (χ2n) is 4.24. The maximum atomic E-state index is 11.6. The van der Waals surface area contributed by atoms with Crippen LogP contribution in [0.3, 0.4) is 0 Å². The summed E-state index contributed by atoms with van der Waals surface area (Å²) in [4.78, 5) is 34.4. The van der Waals surface area contributed by atoms with E-state index in [1.807, 2.05) is 0 Å². The summed E-state index contributed by atoms with van der Waals surface area (Å²) >= 11 is 0. The molecule has 0 aromatic rings. The van der Waals surface area contributed by atoms with Crippen molar-refractivity contribution in [2.75, 3.05) is 13.7 Å². The molecule has 1 aliphatic rings. The number of hydrogen-bond acceptors (Lipinski definition) is 6. The van der Waals surface area contributed by atoms with E-state index >= 15 is 0 Å². The molecule has 0 aliphatic carbocycles. The van der Waals surface area contributed by atoms with Crippen molar-refractivity contribution in [2.45, 2.75) is 26.4 Å². The molecule has 19 heavy (non-hydrogen) atoms. The van der Waals surface area contributed by atoms with Gasteiger partial charge in [-0.15, -0.1) is 0 Å². The Balaban J connectivity index is 2.96. The van der Waals surface area contributed by atoms with Crippen LogP contribution in [0.15, 0.2) is 11.8 Å². The normalized spacial score (nSPS) is 25.8. The molecule has 0 aromatic carbocycles. The van der Waals surface area contributed by atoms with E-state index in [4.69, 9.17) is 9.47 Å². The van der Waals surface area contributed by atoms with Crippen LogP contribution < -0.4 is 0 Å². The van der Waals surface area contributed by atoms with Crippen molar-refractivity contribution >= 4 is 18.2 Å². The third-order valence-electron chi connectivity index (χ3n) is 3.09. The fourth-order valence-electron chi connectivity index (χ4n) is 2.06. The largest absolute Gasteiger partial charge is 0.497 e. The quantitative estimate of drug-likeness (QED) is 0.544. The minimum Gasteiger partial charge on any atom is -0.497 e. The van der Waals surface area contributed by atoms with Crippen LogP contribution in [0.1, 0.15) is 20.3 Å². The number of esters is 2. The molecule has 0 spiro atoms. The minimum absolute atomic E-state index is 0.0497. The van der Waals surface area contributed by atoms with Crippen LogP contribution in [0.2, 0.25) is 0 Å². The van der Waals surface area contributed by atoms with Crippen LogP contribution in [0.4, 0.5) is 0 Å². The van der Waals surface area contributed by atoms with Crippen LogP contribution in [-0.4, -0.2) is 38.0 Å². The predicted octanol–water partition coefficient (Wildman–Crippen LogP) is 0.846. The number of carbonyl (C=O) groups is 3. The summed E-state index contributed by atoms with van der Waals surface area (Å²) in [6.45, 7) is 3.65. The molecule has 1 rings (SSSR count). The summed E-state index contributed by atoms with van der Waals surface area (Å²) in [6, 6.07) is 0. The third-order valence-corrected chi connectivity index (χ3v) is 3.09. The topological polar surface area (TPSA) is 78.9 Å². The first-order valence-corrected chi connectivity index (χ1v) is 6.09. The van der Waals surface area contributed by atoms with Gasteiger partial charge in [0, 0.05) is 5.92 Å². The lowest BCUT2D eigenvalue weighted by molar-refractivity contribution is -0.145. The van der Waals surface area contributed by atoms with E-state index in [2.05, 4.69) is 4.74 Å². The molecule has 0 fully saturated rings. The lowest BCUT2D eigenvalue weighted by Crippen LogP contribution is -2.37. The van der Waals surface area contributed by atoms with Crippen LogP contribution in [0, 0.1) is 11.8 Å². The standard InChI is InChI=1S/C13H18O6/c1-4-18-12(15)5-9-10(6-14)8(2)19-7-11(9)13(16)17-3/h6-10H,4-5H2,1-3H3/t8-,9-,10-/m0/s1. The molecule has 106 valence electrons. The fraction of sp³-hybridized carbons (Fsp3) is 0.615.